The number of guanidine groups is 1. The first-order chi connectivity index (χ1) is 13.2. The molecule has 1 aliphatic heterocycles. The second-order valence-corrected chi connectivity index (χ2v) is 6.61. The maximum Gasteiger partial charge on any atom is 0.191 e. The Morgan fingerprint density at radius 2 is 2.11 bits per heavy atom. The molecule has 1 atom stereocenters. The fourth-order valence-corrected chi connectivity index (χ4v) is 2.75. The SMILES string of the molecule is CN=C(NCCOCCOC)NCc1ccc(C)cc1OCC1CCOC1.I. The lowest BCUT2D eigenvalue weighted by molar-refractivity contribution is 0.0733. The van der Waals surface area contributed by atoms with Crippen molar-refractivity contribution >= 4 is 29.9 Å². The monoisotopic (exact) mass is 507 g/mol. The molecule has 160 valence electrons. The van der Waals surface area contributed by atoms with E-state index in [4.69, 9.17) is 18.9 Å². The first kappa shape index (κ1) is 24.9. The average molecular weight is 507 g/mol. The van der Waals surface area contributed by atoms with Crippen LogP contribution in [0.5, 0.6) is 5.75 Å². The van der Waals surface area contributed by atoms with E-state index in [1.807, 2.05) is 0 Å². The fourth-order valence-electron chi connectivity index (χ4n) is 2.75. The standard InChI is InChI=1S/C20H33N3O4.HI/c1-16-4-5-18(19(12-16)27-15-17-6-8-26-14-17)13-23-20(21-2)22-7-9-25-11-10-24-3;/h4-5,12,17H,6-11,13-15H2,1-3H3,(H2,21,22,23);1H. The minimum atomic E-state index is 0. The number of aryl methyl sites for hydroxylation is 1. The summed E-state index contributed by atoms with van der Waals surface area (Å²) in [7, 11) is 3.42. The van der Waals surface area contributed by atoms with Crippen LogP contribution in [-0.2, 0) is 20.8 Å². The zero-order valence-electron chi connectivity index (χ0n) is 17.2. The molecule has 2 N–H and O–H groups in total. The Balaban J connectivity index is 0.00000392. The molecule has 2 rings (SSSR count). The number of nitrogens with zero attached hydrogens (tertiary/aromatic N) is 1. The van der Waals surface area contributed by atoms with Gasteiger partial charge in [-0.15, -0.1) is 24.0 Å². The predicted octanol–water partition coefficient (Wildman–Crippen LogP) is 2.36. The number of halogens is 1. The average Bonchev–Trinajstić information content (AvgIpc) is 3.20. The van der Waals surface area contributed by atoms with E-state index in [-0.39, 0.29) is 24.0 Å². The molecule has 0 saturated carbocycles. The number of aliphatic imine (C=N–C) groups is 1. The van der Waals surface area contributed by atoms with E-state index in [0.29, 0.717) is 45.4 Å². The number of ether oxygens (including phenoxy) is 4. The van der Waals surface area contributed by atoms with E-state index < -0.39 is 0 Å². The zero-order valence-corrected chi connectivity index (χ0v) is 19.5. The van der Waals surface area contributed by atoms with E-state index in [1.165, 1.54) is 5.56 Å². The highest BCUT2D eigenvalue weighted by Crippen LogP contribution is 2.22. The molecule has 0 bridgehead atoms. The number of nitrogens with one attached hydrogen (secondary N) is 2. The third-order valence-electron chi connectivity index (χ3n) is 4.36. The number of rotatable bonds is 11. The molecule has 0 spiro atoms. The summed E-state index contributed by atoms with van der Waals surface area (Å²) in [5, 5.41) is 6.57. The third-order valence-corrected chi connectivity index (χ3v) is 4.36. The van der Waals surface area contributed by atoms with Crippen LogP contribution < -0.4 is 15.4 Å². The van der Waals surface area contributed by atoms with Crippen molar-refractivity contribution in [1.29, 1.82) is 0 Å². The molecule has 0 amide bonds. The van der Waals surface area contributed by atoms with Gasteiger partial charge in [-0.2, -0.15) is 0 Å². The number of methoxy groups -OCH3 is 1. The Morgan fingerprint density at radius 1 is 1.25 bits per heavy atom. The zero-order chi connectivity index (χ0) is 19.3. The van der Waals surface area contributed by atoms with Crippen LogP contribution >= 0.6 is 24.0 Å². The number of hydrogen-bond acceptors (Lipinski definition) is 5. The summed E-state index contributed by atoms with van der Waals surface area (Å²) in [6.07, 6.45) is 1.07. The first-order valence-corrected chi connectivity index (χ1v) is 9.54. The lowest BCUT2D eigenvalue weighted by Gasteiger charge is -2.17. The Bertz CT molecular complexity index is 581. The molecule has 1 fully saturated rings. The topological polar surface area (TPSA) is 73.3 Å². The molecule has 1 aliphatic rings. The molecule has 1 aromatic rings. The van der Waals surface area contributed by atoms with Crippen molar-refractivity contribution in [3.05, 3.63) is 29.3 Å². The highest BCUT2D eigenvalue weighted by molar-refractivity contribution is 14.0. The van der Waals surface area contributed by atoms with Gasteiger partial charge < -0.3 is 29.6 Å². The number of hydrogen-bond donors (Lipinski definition) is 2. The Hall–Kier alpha value is -1.10. The molecule has 1 aromatic carbocycles. The maximum absolute atomic E-state index is 6.09. The second kappa shape index (κ2) is 14.8. The molecule has 7 nitrogen and oxygen atoms in total. The van der Waals surface area contributed by atoms with E-state index in [0.717, 1.165) is 36.9 Å². The summed E-state index contributed by atoms with van der Waals surface area (Å²) in [5.41, 5.74) is 2.30. The summed E-state index contributed by atoms with van der Waals surface area (Å²) < 4.78 is 21.9. The van der Waals surface area contributed by atoms with Crippen LogP contribution in [0, 0.1) is 12.8 Å². The van der Waals surface area contributed by atoms with Gasteiger partial charge in [0.15, 0.2) is 5.96 Å². The highest BCUT2D eigenvalue weighted by atomic mass is 127. The van der Waals surface area contributed by atoms with Gasteiger partial charge in [0.2, 0.25) is 0 Å². The Morgan fingerprint density at radius 3 is 2.82 bits per heavy atom. The molecule has 1 unspecified atom stereocenters. The van der Waals surface area contributed by atoms with Crippen LogP contribution in [0.25, 0.3) is 0 Å². The van der Waals surface area contributed by atoms with Crippen LogP contribution in [-0.4, -0.2) is 66.3 Å². The molecule has 1 heterocycles. The van der Waals surface area contributed by atoms with Crippen molar-refractivity contribution in [1.82, 2.24) is 10.6 Å². The van der Waals surface area contributed by atoms with Crippen LogP contribution in [0.4, 0.5) is 0 Å². The van der Waals surface area contributed by atoms with Crippen molar-refractivity contribution in [2.75, 3.05) is 60.3 Å². The molecule has 0 radical (unpaired) electrons. The second-order valence-electron chi connectivity index (χ2n) is 6.61. The van der Waals surface area contributed by atoms with Gasteiger partial charge in [0, 0.05) is 45.3 Å². The third kappa shape index (κ3) is 9.40. The Labute approximate surface area is 185 Å². The molecule has 8 heteroatoms. The Kier molecular flexibility index (Phi) is 13.2. The van der Waals surface area contributed by atoms with Crippen LogP contribution in [0.15, 0.2) is 23.2 Å². The first-order valence-electron chi connectivity index (χ1n) is 9.54. The summed E-state index contributed by atoms with van der Waals surface area (Å²) in [4.78, 5) is 4.25. The highest BCUT2D eigenvalue weighted by Gasteiger charge is 2.17. The van der Waals surface area contributed by atoms with Gasteiger partial charge in [-0.1, -0.05) is 12.1 Å². The predicted molar refractivity (Wildman–Crippen MR) is 122 cm³/mol. The molecule has 1 saturated heterocycles. The van der Waals surface area contributed by atoms with Gasteiger partial charge in [0.25, 0.3) is 0 Å². The maximum atomic E-state index is 6.09. The van der Waals surface area contributed by atoms with Gasteiger partial charge in [-0.05, 0) is 25.0 Å². The van der Waals surface area contributed by atoms with Crippen LogP contribution in [0.2, 0.25) is 0 Å². The summed E-state index contributed by atoms with van der Waals surface area (Å²) >= 11 is 0. The van der Waals surface area contributed by atoms with Crippen molar-refractivity contribution < 1.29 is 18.9 Å². The van der Waals surface area contributed by atoms with Crippen molar-refractivity contribution in [2.45, 2.75) is 19.9 Å². The van der Waals surface area contributed by atoms with Gasteiger partial charge in [-0.25, -0.2) is 0 Å². The summed E-state index contributed by atoms with van der Waals surface area (Å²) in [5.74, 6) is 2.15. The molecular formula is C20H34IN3O4. The molecule has 28 heavy (non-hydrogen) atoms. The van der Waals surface area contributed by atoms with Crippen LogP contribution in [0.3, 0.4) is 0 Å². The lowest BCUT2D eigenvalue weighted by Crippen LogP contribution is -2.38. The van der Waals surface area contributed by atoms with Gasteiger partial charge in [0.05, 0.1) is 33.0 Å². The minimum absolute atomic E-state index is 0. The van der Waals surface area contributed by atoms with E-state index >= 15 is 0 Å². The van der Waals surface area contributed by atoms with Gasteiger partial charge in [-0.3, -0.25) is 4.99 Å². The smallest absolute Gasteiger partial charge is 0.191 e. The molecular weight excluding hydrogens is 473 g/mol. The molecule has 0 aliphatic carbocycles. The molecule has 0 aromatic heterocycles. The van der Waals surface area contributed by atoms with E-state index in [2.05, 4.69) is 40.7 Å². The van der Waals surface area contributed by atoms with Crippen molar-refractivity contribution in [2.24, 2.45) is 10.9 Å². The van der Waals surface area contributed by atoms with E-state index in [9.17, 15) is 0 Å². The van der Waals surface area contributed by atoms with Crippen molar-refractivity contribution in [3.8, 4) is 5.75 Å². The van der Waals surface area contributed by atoms with Crippen LogP contribution in [0.1, 0.15) is 17.5 Å². The largest absolute Gasteiger partial charge is 0.493 e. The fraction of sp³-hybridized carbons (Fsp3) is 0.650. The normalized spacial score (nSPS) is 16.5. The number of benzene rings is 1. The van der Waals surface area contributed by atoms with Gasteiger partial charge >= 0.3 is 0 Å². The summed E-state index contributed by atoms with van der Waals surface area (Å²) in [6, 6.07) is 6.29. The lowest BCUT2D eigenvalue weighted by atomic mass is 10.1. The summed E-state index contributed by atoms with van der Waals surface area (Å²) in [6.45, 7) is 7.54. The van der Waals surface area contributed by atoms with Gasteiger partial charge in [0.1, 0.15) is 5.75 Å². The quantitative estimate of drug-likeness (QED) is 0.208. The van der Waals surface area contributed by atoms with E-state index in [1.54, 1.807) is 14.2 Å². The van der Waals surface area contributed by atoms with Crippen molar-refractivity contribution in [3.63, 3.8) is 0 Å². The minimum Gasteiger partial charge on any atom is -0.493 e.